The molecule has 1 N–H and O–H groups in total. The third-order valence-electron chi connectivity index (χ3n) is 3.55. The quantitative estimate of drug-likeness (QED) is 0.946. The van der Waals surface area contributed by atoms with Crippen molar-refractivity contribution in [1.29, 1.82) is 0 Å². The minimum absolute atomic E-state index is 0.00126. The third-order valence-corrected chi connectivity index (χ3v) is 3.80. The third kappa shape index (κ3) is 3.43. The fourth-order valence-electron chi connectivity index (χ4n) is 2.50. The average molecular weight is 302 g/mol. The van der Waals surface area contributed by atoms with Crippen LogP contribution in [-0.4, -0.2) is 18.6 Å². The molecule has 21 heavy (non-hydrogen) atoms. The maximum atomic E-state index is 12.2. The number of hydrogen-bond donors (Lipinski definition) is 1. The number of morpholine rings is 1. The number of amides is 1. The number of ether oxygens (including phenoxy) is 1. The molecule has 2 atom stereocenters. The molecule has 3 nitrogen and oxygen atoms in total. The summed E-state index contributed by atoms with van der Waals surface area (Å²) in [5.41, 5.74) is 2.02. The number of carbonyl (C=O) groups is 1. The largest absolute Gasteiger partial charge is 0.361 e. The average Bonchev–Trinajstić information content (AvgIpc) is 2.51. The van der Waals surface area contributed by atoms with Crippen molar-refractivity contribution in [2.75, 3.05) is 6.61 Å². The van der Waals surface area contributed by atoms with Gasteiger partial charge in [0.15, 0.2) is 6.10 Å². The summed E-state index contributed by atoms with van der Waals surface area (Å²) in [7, 11) is 0. The molecule has 1 unspecified atom stereocenters. The predicted octanol–water partition coefficient (Wildman–Crippen LogP) is 3.14. The van der Waals surface area contributed by atoms with E-state index in [-0.39, 0.29) is 11.9 Å². The van der Waals surface area contributed by atoms with E-state index >= 15 is 0 Å². The fourth-order valence-corrected chi connectivity index (χ4v) is 2.62. The van der Waals surface area contributed by atoms with E-state index in [1.807, 2.05) is 54.6 Å². The molecule has 2 aromatic rings. The molecule has 1 fully saturated rings. The zero-order valence-electron chi connectivity index (χ0n) is 11.5. The summed E-state index contributed by atoms with van der Waals surface area (Å²) in [5, 5.41) is 3.75. The summed E-state index contributed by atoms with van der Waals surface area (Å²) in [6, 6.07) is 17.2. The van der Waals surface area contributed by atoms with Gasteiger partial charge in [-0.3, -0.25) is 4.79 Å². The van der Waals surface area contributed by atoms with Crippen molar-refractivity contribution in [1.82, 2.24) is 5.32 Å². The van der Waals surface area contributed by atoms with Crippen LogP contribution in [0.4, 0.5) is 0 Å². The molecular formula is C17H16ClNO2. The zero-order valence-corrected chi connectivity index (χ0v) is 12.2. The Hall–Kier alpha value is -1.84. The second kappa shape index (κ2) is 6.29. The second-order valence-electron chi connectivity index (χ2n) is 5.16. The van der Waals surface area contributed by atoms with Crippen LogP contribution in [-0.2, 0) is 16.0 Å². The molecule has 1 heterocycles. The van der Waals surface area contributed by atoms with Crippen LogP contribution < -0.4 is 5.32 Å². The van der Waals surface area contributed by atoms with Gasteiger partial charge in [-0.25, -0.2) is 0 Å². The van der Waals surface area contributed by atoms with E-state index < -0.39 is 6.10 Å². The molecule has 4 heteroatoms. The van der Waals surface area contributed by atoms with Crippen LogP contribution in [0.3, 0.4) is 0 Å². The van der Waals surface area contributed by atoms with Gasteiger partial charge in [-0.1, -0.05) is 54.1 Å². The smallest absolute Gasteiger partial charge is 0.254 e. The summed E-state index contributed by atoms with van der Waals surface area (Å²) in [5.74, 6) is -0.0774. The van der Waals surface area contributed by atoms with Gasteiger partial charge < -0.3 is 10.1 Å². The summed E-state index contributed by atoms with van der Waals surface area (Å²) in [6.45, 7) is 0.508. The van der Waals surface area contributed by atoms with Gasteiger partial charge in [0.05, 0.1) is 12.6 Å². The lowest BCUT2D eigenvalue weighted by molar-refractivity contribution is -0.141. The van der Waals surface area contributed by atoms with Gasteiger partial charge in [-0.05, 0) is 29.7 Å². The molecule has 0 radical (unpaired) electrons. The molecule has 1 amide bonds. The molecule has 2 aromatic carbocycles. The molecule has 1 aliphatic heterocycles. The van der Waals surface area contributed by atoms with Crippen LogP contribution in [0.1, 0.15) is 17.2 Å². The molecule has 0 aromatic heterocycles. The number of benzene rings is 2. The van der Waals surface area contributed by atoms with Crippen molar-refractivity contribution in [3.05, 3.63) is 70.7 Å². The van der Waals surface area contributed by atoms with Gasteiger partial charge in [-0.15, -0.1) is 0 Å². The van der Waals surface area contributed by atoms with Gasteiger partial charge in [0.2, 0.25) is 0 Å². The van der Waals surface area contributed by atoms with Crippen molar-refractivity contribution in [3.8, 4) is 0 Å². The Bertz CT molecular complexity index is 612. The highest BCUT2D eigenvalue weighted by molar-refractivity contribution is 6.30. The van der Waals surface area contributed by atoms with Gasteiger partial charge in [0, 0.05) is 5.02 Å². The van der Waals surface area contributed by atoms with Gasteiger partial charge in [0.25, 0.3) is 5.91 Å². The Kier molecular flexibility index (Phi) is 4.23. The van der Waals surface area contributed by atoms with Crippen LogP contribution in [0.5, 0.6) is 0 Å². The lowest BCUT2D eigenvalue weighted by Gasteiger charge is -2.30. The van der Waals surface area contributed by atoms with E-state index in [2.05, 4.69) is 5.32 Å². The van der Waals surface area contributed by atoms with E-state index in [0.29, 0.717) is 11.6 Å². The zero-order chi connectivity index (χ0) is 14.7. The highest BCUT2D eigenvalue weighted by Gasteiger charge is 2.29. The molecule has 0 aliphatic carbocycles. The lowest BCUT2D eigenvalue weighted by atomic mass is 10.0. The van der Waals surface area contributed by atoms with Crippen molar-refractivity contribution in [3.63, 3.8) is 0 Å². The van der Waals surface area contributed by atoms with E-state index in [1.165, 1.54) is 0 Å². The second-order valence-corrected chi connectivity index (χ2v) is 5.60. The Morgan fingerprint density at radius 3 is 2.48 bits per heavy atom. The normalized spacial score (nSPS) is 21.9. The molecule has 0 saturated carbocycles. The Morgan fingerprint density at radius 1 is 1.10 bits per heavy atom. The first kappa shape index (κ1) is 14.1. The highest BCUT2D eigenvalue weighted by atomic mass is 35.5. The lowest BCUT2D eigenvalue weighted by Crippen LogP contribution is -2.48. The van der Waals surface area contributed by atoms with Gasteiger partial charge in [0.1, 0.15) is 0 Å². The minimum Gasteiger partial charge on any atom is -0.361 e. The van der Waals surface area contributed by atoms with Crippen molar-refractivity contribution in [2.24, 2.45) is 0 Å². The van der Waals surface area contributed by atoms with Crippen LogP contribution in [0.25, 0.3) is 0 Å². The van der Waals surface area contributed by atoms with Gasteiger partial charge >= 0.3 is 0 Å². The van der Waals surface area contributed by atoms with E-state index in [4.69, 9.17) is 16.3 Å². The number of hydrogen-bond acceptors (Lipinski definition) is 2. The summed E-state index contributed by atoms with van der Waals surface area (Å²) < 4.78 is 5.75. The van der Waals surface area contributed by atoms with Gasteiger partial charge in [-0.2, -0.15) is 0 Å². The molecule has 108 valence electrons. The first-order valence-electron chi connectivity index (χ1n) is 6.94. The highest BCUT2D eigenvalue weighted by Crippen LogP contribution is 2.22. The standard InChI is InChI=1S/C17H16ClNO2/c18-14-8-6-12(7-9-14)10-15-11-21-16(17(20)19-15)13-4-2-1-3-5-13/h1-9,15-16H,10-11H2,(H,19,20)/t15-,16?/m0/s1. The van der Waals surface area contributed by atoms with E-state index in [0.717, 1.165) is 17.5 Å². The van der Waals surface area contributed by atoms with Crippen LogP contribution in [0, 0.1) is 0 Å². The van der Waals surface area contributed by atoms with Crippen LogP contribution in [0.2, 0.25) is 5.02 Å². The minimum atomic E-state index is -0.507. The Balaban J connectivity index is 1.63. The number of halogens is 1. The van der Waals surface area contributed by atoms with E-state index in [1.54, 1.807) is 0 Å². The molecule has 0 bridgehead atoms. The van der Waals surface area contributed by atoms with E-state index in [9.17, 15) is 4.79 Å². The summed E-state index contributed by atoms with van der Waals surface area (Å²) in [6.07, 6.45) is 0.234. The topological polar surface area (TPSA) is 38.3 Å². The van der Waals surface area contributed by atoms with Crippen LogP contribution in [0.15, 0.2) is 54.6 Å². The first-order valence-corrected chi connectivity index (χ1v) is 7.31. The van der Waals surface area contributed by atoms with Crippen molar-refractivity contribution in [2.45, 2.75) is 18.6 Å². The number of nitrogens with one attached hydrogen (secondary N) is 1. The number of carbonyl (C=O) groups excluding carboxylic acids is 1. The molecule has 1 aliphatic rings. The molecule has 0 spiro atoms. The fraction of sp³-hybridized carbons (Fsp3) is 0.235. The predicted molar refractivity (Wildman–Crippen MR) is 82.2 cm³/mol. The Morgan fingerprint density at radius 2 is 1.81 bits per heavy atom. The molecule has 3 rings (SSSR count). The Labute approximate surface area is 128 Å². The monoisotopic (exact) mass is 301 g/mol. The summed E-state index contributed by atoms with van der Waals surface area (Å²) >= 11 is 5.87. The SMILES string of the molecule is O=C1N[C@@H](Cc2ccc(Cl)cc2)COC1c1ccccc1. The van der Waals surface area contributed by atoms with Crippen molar-refractivity contribution < 1.29 is 9.53 Å². The maximum Gasteiger partial charge on any atom is 0.254 e. The van der Waals surface area contributed by atoms with Crippen LogP contribution >= 0.6 is 11.6 Å². The molecule has 1 saturated heterocycles. The van der Waals surface area contributed by atoms with Crippen molar-refractivity contribution >= 4 is 17.5 Å². The summed E-state index contributed by atoms with van der Waals surface area (Å²) in [4.78, 5) is 12.2. The number of rotatable bonds is 3. The molecular weight excluding hydrogens is 286 g/mol. The maximum absolute atomic E-state index is 12.2. The first-order chi connectivity index (χ1) is 10.2.